The number of para-hydroxylation sites is 1. The first-order valence-electron chi connectivity index (χ1n) is 9.09. The number of benzene rings is 3. The van der Waals surface area contributed by atoms with Crippen molar-refractivity contribution < 1.29 is 9.53 Å². The molecule has 4 rings (SSSR count). The van der Waals surface area contributed by atoms with Crippen LogP contribution in [0.25, 0.3) is 16.6 Å². The van der Waals surface area contributed by atoms with Gasteiger partial charge in [0.15, 0.2) is 11.9 Å². The van der Waals surface area contributed by atoms with Gasteiger partial charge in [0.1, 0.15) is 0 Å². The average Bonchev–Trinajstić information content (AvgIpc) is 2.74. The molecule has 0 saturated heterocycles. The van der Waals surface area contributed by atoms with Gasteiger partial charge in [0.25, 0.3) is 5.56 Å². The Hall–Kier alpha value is -3.44. The molecule has 0 spiro atoms. The number of aromatic nitrogens is 2. The van der Waals surface area contributed by atoms with Crippen molar-refractivity contribution in [2.75, 3.05) is 0 Å². The van der Waals surface area contributed by atoms with Crippen LogP contribution in [0.5, 0.6) is 0 Å². The van der Waals surface area contributed by atoms with Crippen LogP contribution >= 0.6 is 11.6 Å². The summed E-state index contributed by atoms with van der Waals surface area (Å²) < 4.78 is 7.07. The van der Waals surface area contributed by atoms with E-state index in [1.54, 1.807) is 61.5 Å². The first-order chi connectivity index (χ1) is 14.1. The second kappa shape index (κ2) is 7.89. The van der Waals surface area contributed by atoms with Gasteiger partial charge >= 0.3 is 5.97 Å². The van der Waals surface area contributed by atoms with Crippen molar-refractivity contribution in [3.8, 4) is 5.69 Å². The lowest BCUT2D eigenvalue weighted by Gasteiger charge is -2.19. The number of carbonyl (C=O) groups is 1. The van der Waals surface area contributed by atoms with Crippen LogP contribution in [0.3, 0.4) is 0 Å². The SMILES string of the molecule is CC(OC(=O)c1ccccc1)c1nc2cccc(Cl)c2c(=O)n1-c1ccccc1. The number of ether oxygens (including phenoxy) is 1. The molecular weight excluding hydrogens is 388 g/mol. The van der Waals surface area contributed by atoms with Crippen molar-refractivity contribution in [3.63, 3.8) is 0 Å². The molecule has 0 fully saturated rings. The minimum atomic E-state index is -0.765. The van der Waals surface area contributed by atoms with Gasteiger partial charge in [-0.3, -0.25) is 9.36 Å². The number of carbonyl (C=O) groups excluding carboxylic acids is 1. The van der Waals surface area contributed by atoms with Crippen LogP contribution < -0.4 is 5.56 Å². The monoisotopic (exact) mass is 404 g/mol. The van der Waals surface area contributed by atoms with Gasteiger partial charge in [-0.2, -0.15) is 0 Å². The van der Waals surface area contributed by atoms with Gasteiger partial charge in [-0.25, -0.2) is 9.78 Å². The highest BCUT2D eigenvalue weighted by Gasteiger charge is 2.22. The van der Waals surface area contributed by atoms with Gasteiger partial charge in [0, 0.05) is 0 Å². The lowest BCUT2D eigenvalue weighted by molar-refractivity contribution is 0.0315. The smallest absolute Gasteiger partial charge is 0.338 e. The van der Waals surface area contributed by atoms with Crippen LogP contribution in [0.2, 0.25) is 5.02 Å². The van der Waals surface area contributed by atoms with Crippen LogP contribution in [0, 0.1) is 0 Å². The fourth-order valence-corrected chi connectivity index (χ4v) is 3.41. The largest absolute Gasteiger partial charge is 0.451 e. The molecule has 0 saturated carbocycles. The minimum Gasteiger partial charge on any atom is -0.451 e. The lowest BCUT2D eigenvalue weighted by atomic mass is 10.2. The molecule has 0 aliphatic heterocycles. The second-order valence-corrected chi connectivity index (χ2v) is 6.90. The second-order valence-electron chi connectivity index (χ2n) is 6.49. The average molecular weight is 405 g/mol. The topological polar surface area (TPSA) is 61.2 Å². The zero-order valence-corrected chi connectivity index (χ0v) is 16.3. The van der Waals surface area contributed by atoms with E-state index in [-0.39, 0.29) is 5.56 Å². The third kappa shape index (κ3) is 3.65. The van der Waals surface area contributed by atoms with Gasteiger partial charge in [-0.05, 0) is 43.3 Å². The number of nitrogens with zero attached hydrogens (tertiary/aromatic N) is 2. The fraction of sp³-hybridized carbons (Fsp3) is 0.0870. The highest BCUT2D eigenvalue weighted by molar-refractivity contribution is 6.35. The Morgan fingerprint density at radius 1 is 0.966 bits per heavy atom. The number of fused-ring (bicyclic) bond motifs is 1. The van der Waals surface area contributed by atoms with Crippen molar-refractivity contribution in [2.24, 2.45) is 0 Å². The molecule has 0 aliphatic rings. The van der Waals surface area contributed by atoms with Crippen LogP contribution in [0.1, 0.15) is 29.2 Å². The third-order valence-corrected chi connectivity index (χ3v) is 4.86. The summed E-state index contributed by atoms with van der Waals surface area (Å²) in [5.74, 6) is -0.168. The minimum absolute atomic E-state index is 0.315. The van der Waals surface area contributed by atoms with Gasteiger partial charge in [0.2, 0.25) is 0 Å². The Balaban J connectivity index is 1.86. The number of hydrogen-bond donors (Lipinski definition) is 0. The summed E-state index contributed by atoms with van der Waals surface area (Å²) in [6.45, 7) is 1.69. The summed E-state index contributed by atoms with van der Waals surface area (Å²) in [4.78, 5) is 30.5. The zero-order chi connectivity index (χ0) is 20.4. The molecule has 3 aromatic carbocycles. The Kier molecular flexibility index (Phi) is 5.14. The molecule has 0 N–H and O–H groups in total. The maximum Gasteiger partial charge on any atom is 0.338 e. The van der Waals surface area contributed by atoms with Crippen molar-refractivity contribution in [1.82, 2.24) is 9.55 Å². The number of esters is 1. The molecule has 5 nitrogen and oxygen atoms in total. The molecule has 6 heteroatoms. The van der Waals surface area contributed by atoms with Crippen LogP contribution in [-0.4, -0.2) is 15.5 Å². The highest BCUT2D eigenvalue weighted by atomic mass is 35.5. The molecule has 1 unspecified atom stereocenters. The van der Waals surface area contributed by atoms with E-state index in [1.165, 1.54) is 4.57 Å². The summed E-state index contributed by atoms with van der Waals surface area (Å²) in [5.41, 5.74) is 1.18. The molecular formula is C23H17ClN2O3. The first kappa shape index (κ1) is 18.9. The van der Waals surface area contributed by atoms with E-state index in [1.807, 2.05) is 24.3 Å². The zero-order valence-electron chi connectivity index (χ0n) is 15.6. The number of rotatable bonds is 4. The lowest BCUT2D eigenvalue weighted by Crippen LogP contribution is -2.27. The van der Waals surface area contributed by atoms with Crippen molar-refractivity contribution in [2.45, 2.75) is 13.0 Å². The van der Waals surface area contributed by atoms with Gasteiger partial charge < -0.3 is 4.74 Å². The van der Waals surface area contributed by atoms with E-state index >= 15 is 0 Å². The quantitative estimate of drug-likeness (QED) is 0.451. The van der Waals surface area contributed by atoms with Crippen LogP contribution in [0.15, 0.2) is 83.7 Å². The van der Waals surface area contributed by atoms with Crippen LogP contribution in [0.4, 0.5) is 0 Å². The Morgan fingerprint density at radius 2 is 1.62 bits per heavy atom. The summed E-state index contributed by atoms with van der Waals surface area (Å²) in [5, 5.41) is 0.647. The van der Waals surface area contributed by atoms with Gasteiger partial charge in [-0.15, -0.1) is 0 Å². The molecule has 4 aromatic rings. The van der Waals surface area contributed by atoms with Gasteiger partial charge in [-0.1, -0.05) is 54.1 Å². The van der Waals surface area contributed by atoms with E-state index in [9.17, 15) is 9.59 Å². The molecule has 1 aromatic heterocycles. The maximum absolute atomic E-state index is 13.3. The van der Waals surface area contributed by atoms with Gasteiger partial charge in [0.05, 0.1) is 27.2 Å². The van der Waals surface area contributed by atoms with Crippen LogP contribution in [-0.2, 0) is 4.74 Å². The number of halogens is 1. The molecule has 0 radical (unpaired) electrons. The van der Waals surface area contributed by atoms with E-state index in [0.29, 0.717) is 33.0 Å². The van der Waals surface area contributed by atoms with E-state index in [2.05, 4.69) is 4.98 Å². The molecule has 0 bridgehead atoms. The maximum atomic E-state index is 13.3. The third-order valence-electron chi connectivity index (χ3n) is 4.54. The van der Waals surface area contributed by atoms with Crippen molar-refractivity contribution >= 4 is 28.5 Å². The highest BCUT2D eigenvalue weighted by Crippen LogP contribution is 2.24. The predicted octanol–water partition coefficient (Wildman–Crippen LogP) is 4.96. The molecule has 0 amide bonds. The van der Waals surface area contributed by atoms with Crippen molar-refractivity contribution in [1.29, 1.82) is 0 Å². The Bertz CT molecular complexity index is 1240. The molecule has 0 aliphatic carbocycles. The van der Waals surface area contributed by atoms with Crippen molar-refractivity contribution in [3.05, 3.63) is 106 Å². The molecule has 1 atom stereocenters. The van der Waals surface area contributed by atoms with E-state index in [0.717, 1.165) is 0 Å². The summed E-state index contributed by atoms with van der Waals surface area (Å²) in [6.07, 6.45) is -0.765. The standard InChI is InChI=1S/C23H17ClN2O3/c1-15(29-23(28)16-9-4-2-5-10-16)21-25-19-14-8-13-18(24)20(19)22(27)26(21)17-11-6-3-7-12-17/h2-15H,1H3. The number of hydrogen-bond acceptors (Lipinski definition) is 4. The first-order valence-corrected chi connectivity index (χ1v) is 9.46. The molecule has 29 heavy (non-hydrogen) atoms. The summed E-state index contributed by atoms with van der Waals surface area (Å²) in [7, 11) is 0. The predicted molar refractivity (Wildman–Crippen MR) is 113 cm³/mol. The van der Waals surface area contributed by atoms with E-state index < -0.39 is 12.1 Å². The molecule has 1 heterocycles. The Labute approximate surface area is 172 Å². The normalized spacial score (nSPS) is 11.9. The molecule has 144 valence electrons. The summed E-state index contributed by atoms with van der Waals surface area (Å²) >= 11 is 6.28. The Morgan fingerprint density at radius 3 is 2.31 bits per heavy atom. The summed E-state index contributed by atoms with van der Waals surface area (Å²) in [6, 6.07) is 22.9. The van der Waals surface area contributed by atoms with E-state index in [4.69, 9.17) is 16.3 Å². The fourth-order valence-electron chi connectivity index (χ4n) is 3.16.